The van der Waals surface area contributed by atoms with Crippen LogP contribution in [0.1, 0.15) is 12.8 Å². The number of carboxylic acids is 2. The Balaban J connectivity index is 4.16. The first kappa shape index (κ1) is 12.5. The molecule has 0 aromatic rings. The van der Waals surface area contributed by atoms with Crippen molar-refractivity contribution in [1.82, 2.24) is 0 Å². The Morgan fingerprint density at radius 1 is 0.857 bits per heavy atom. The number of carboxylic acid groups (broad SMARTS) is 2. The third-order valence-electron chi connectivity index (χ3n) is 1.39. The topological polar surface area (TPSA) is 132 Å². The van der Waals surface area contributed by atoms with Crippen molar-refractivity contribution in [2.75, 3.05) is 0 Å². The molecule has 0 bridgehead atoms. The molecule has 80 valence electrons. The Bertz CT molecular complexity index is 222. The summed E-state index contributed by atoms with van der Waals surface area (Å²) in [6, 6.07) is 0. The molecule has 0 radical (unpaired) electrons. The predicted molar refractivity (Wildman–Crippen MR) is 41.5 cm³/mol. The van der Waals surface area contributed by atoms with E-state index in [9.17, 15) is 14.4 Å². The van der Waals surface area contributed by atoms with Crippen molar-refractivity contribution >= 4 is 17.7 Å². The number of aliphatic hydroxyl groups excluding tert-OH is 2. The molecule has 0 aromatic carbocycles. The van der Waals surface area contributed by atoms with Gasteiger partial charge in [-0.1, -0.05) is 0 Å². The SMILES string of the molecule is O=C(O)CC(O)C(=O)C(O)CC(=O)O. The van der Waals surface area contributed by atoms with Crippen molar-refractivity contribution in [3.8, 4) is 0 Å². The summed E-state index contributed by atoms with van der Waals surface area (Å²) in [5, 5.41) is 34.1. The highest BCUT2D eigenvalue weighted by atomic mass is 16.4. The smallest absolute Gasteiger partial charge is 0.306 e. The number of hydrogen-bond donors (Lipinski definition) is 4. The standard InChI is InChI=1S/C7H10O7/c8-3(1-5(10)11)7(14)4(9)2-6(12)13/h3-4,8-9H,1-2H2,(H,10,11)(H,12,13). The molecular formula is C7H10O7. The number of hydrogen-bond acceptors (Lipinski definition) is 5. The molecule has 2 unspecified atom stereocenters. The molecule has 14 heavy (non-hydrogen) atoms. The molecule has 0 aliphatic carbocycles. The minimum atomic E-state index is -1.87. The van der Waals surface area contributed by atoms with Gasteiger partial charge in [0.2, 0.25) is 0 Å². The first-order valence-corrected chi connectivity index (χ1v) is 3.68. The minimum absolute atomic E-state index is 0.852. The molecule has 0 spiro atoms. The van der Waals surface area contributed by atoms with Crippen LogP contribution in [0.5, 0.6) is 0 Å². The highest BCUT2D eigenvalue weighted by Gasteiger charge is 2.26. The molecule has 0 aliphatic rings. The maximum atomic E-state index is 10.9. The van der Waals surface area contributed by atoms with Crippen molar-refractivity contribution in [1.29, 1.82) is 0 Å². The second-order valence-electron chi connectivity index (χ2n) is 2.63. The zero-order valence-electron chi connectivity index (χ0n) is 7.08. The number of carbonyl (C=O) groups is 3. The van der Waals surface area contributed by atoms with Crippen LogP contribution in [0.15, 0.2) is 0 Å². The van der Waals surface area contributed by atoms with E-state index in [1.165, 1.54) is 0 Å². The summed E-state index contributed by atoms with van der Waals surface area (Å²) in [6.45, 7) is 0. The van der Waals surface area contributed by atoms with E-state index >= 15 is 0 Å². The van der Waals surface area contributed by atoms with Crippen molar-refractivity contribution in [2.24, 2.45) is 0 Å². The van der Waals surface area contributed by atoms with E-state index in [2.05, 4.69) is 0 Å². The summed E-state index contributed by atoms with van der Waals surface area (Å²) in [7, 11) is 0. The number of ketones is 1. The fourth-order valence-electron chi connectivity index (χ4n) is 0.754. The Morgan fingerprint density at radius 3 is 1.36 bits per heavy atom. The lowest BCUT2D eigenvalue weighted by Crippen LogP contribution is -2.35. The van der Waals surface area contributed by atoms with E-state index in [1.54, 1.807) is 0 Å². The summed E-state index contributed by atoms with van der Waals surface area (Å²) < 4.78 is 0. The molecule has 0 aliphatic heterocycles. The average Bonchev–Trinajstić information content (AvgIpc) is 2.00. The molecule has 7 heteroatoms. The molecule has 0 saturated heterocycles. The first-order chi connectivity index (χ1) is 6.34. The Hall–Kier alpha value is -1.47. The molecule has 0 heterocycles. The number of rotatable bonds is 6. The lowest BCUT2D eigenvalue weighted by atomic mass is 10.1. The summed E-state index contributed by atoms with van der Waals surface area (Å²) in [5.74, 6) is -4.02. The first-order valence-electron chi connectivity index (χ1n) is 3.68. The van der Waals surface area contributed by atoms with Gasteiger partial charge in [0.05, 0.1) is 12.8 Å². The van der Waals surface area contributed by atoms with Crippen LogP contribution in [0, 0.1) is 0 Å². The van der Waals surface area contributed by atoms with Crippen LogP contribution in [0.3, 0.4) is 0 Å². The van der Waals surface area contributed by atoms with Crippen LogP contribution in [0.2, 0.25) is 0 Å². The molecule has 0 saturated carbocycles. The second kappa shape index (κ2) is 5.30. The maximum Gasteiger partial charge on any atom is 0.306 e. The Morgan fingerprint density at radius 2 is 1.14 bits per heavy atom. The third kappa shape index (κ3) is 4.53. The van der Waals surface area contributed by atoms with Gasteiger partial charge in [-0.2, -0.15) is 0 Å². The molecule has 0 aromatic heterocycles. The minimum Gasteiger partial charge on any atom is -0.481 e. The van der Waals surface area contributed by atoms with Crippen LogP contribution >= 0.6 is 0 Å². The van der Waals surface area contributed by atoms with E-state index in [4.69, 9.17) is 20.4 Å². The van der Waals surface area contributed by atoms with Gasteiger partial charge < -0.3 is 20.4 Å². The van der Waals surface area contributed by atoms with Crippen LogP contribution < -0.4 is 0 Å². The van der Waals surface area contributed by atoms with Crippen LogP contribution in [-0.2, 0) is 14.4 Å². The van der Waals surface area contributed by atoms with E-state index < -0.39 is 42.8 Å². The van der Waals surface area contributed by atoms with Crippen molar-refractivity contribution in [2.45, 2.75) is 25.0 Å². The molecule has 0 rings (SSSR count). The summed E-state index contributed by atoms with van der Waals surface area (Å²) in [4.78, 5) is 31.0. The fraction of sp³-hybridized carbons (Fsp3) is 0.571. The van der Waals surface area contributed by atoms with Gasteiger partial charge in [-0.3, -0.25) is 14.4 Å². The van der Waals surface area contributed by atoms with Crippen molar-refractivity contribution < 1.29 is 34.8 Å². The van der Waals surface area contributed by atoms with Crippen LogP contribution in [0.25, 0.3) is 0 Å². The van der Waals surface area contributed by atoms with Gasteiger partial charge in [-0.25, -0.2) is 0 Å². The van der Waals surface area contributed by atoms with Crippen LogP contribution in [-0.4, -0.2) is 50.4 Å². The molecular weight excluding hydrogens is 196 g/mol. The van der Waals surface area contributed by atoms with E-state index in [-0.39, 0.29) is 0 Å². The van der Waals surface area contributed by atoms with E-state index in [0.29, 0.717) is 0 Å². The highest BCUT2D eigenvalue weighted by molar-refractivity contribution is 5.92. The number of aliphatic carboxylic acids is 2. The molecule has 4 N–H and O–H groups in total. The molecule has 7 nitrogen and oxygen atoms in total. The van der Waals surface area contributed by atoms with Gasteiger partial charge in [0.25, 0.3) is 0 Å². The molecule has 0 fully saturated rings. The Labute approximate surface area is 78.6 Å². The molecule has 2 atom stereocenters. The number of aliphatic hydroxyl groups is 2. The van der Waals surface area contributed by atoms with Crippen molar-refractivity contribution in [3.63, 3.8) is 0 Å². The monoisotopic (exact) mass is 206 g/mol. The van der Waals surface area contributed by atoms with Gasteiger partial charge in [-0.05, 0) is 0 Å². The maximum absolute atomic E-state index is 10.9. The predicted octanol–water partition coefficient (Wildman–Crippen LogP) is -1.77. The average molecular weight is 206 g/mol. The van der Waals surface area contributed by atoms with Gasteiger partial charge >= 0.3 is 11.9 Å². The van der Waals surface area contributed by atoms with Gasteiger partial charge in [0, 0.05) is 0 Å². The normalized spacial score (nSPS) is 14.4. The van der Waals surface area contributed by atoms with Crippen LogP contribution in [0.4, 0.5) is 0 Å². The summed E-state index contributed by atoms with van der Waals surface area (Å²) >= 11 is 0. The fourth-order valence-corrected chi connectivity index (χ4v) is 0.754. The quantitative estimate of drug-likeness (QED) is 0.404. The Kier molecular flexibility index (Phi) is 4.74. The third-order valence-corrected chi connectivity index (χ3v) is 1.39. The number of Topliss-reactive ketones (excluding diaryl/α,β-unsaturated/α-hetero) is 1. The zero-order chi connectivity index (χ0) is 11.3. The van der Waals surface area contributed by atoms with Gasteiger partial charge in [0.15, 0.2) is 5.78 Å². The lowest BCUT2D eigenvalue weighted by Gasteiger charge is -2.10. The van der Waals surface area contributed by atoms with Gasteiger partial charge in [-0.15, -0.1) is 0 Å². The van der Waals surface area contributed by atoms with E-state index in [1.807, 2.05) is 0 Å². The van der Waals surface area contributed by atoms with Gasteiger partial charge in [0.1, 0.15) is 12.2 Å². The lowest BCUT2D eigenvalue weighted by molar-refractivity contribution is -0.149. The number of carbonyl (C=O) groups excluding carboxylic acids is 1. The summed E-state index contributed by atoms with van der Waals surface area (Å²) in [5.41, 5.74) is 0. The highest BCUT2D eigenvalue weighted by Crippen LogP contribution is 2.01. The zero-order valence-corrected chi connectivity index (χ0v) is 7.08. The largest absolute Gasteiger partial charge is 0.481 e. The van der Waals surface area contributed by atoms with Crippen molar-refractivity contribution in [3.05, 3.63) is 0 Å². The summed E-state index contributed by atoms with van der Waals surface area (Å²) in [6.07, 6.45) is -5.45. The second-order valence-corrected chi connectivity index (χ2v) is 2.63. The molecule has 0 amide bonds. The van der Waals surface area contributed by atoms with E-state index in [0.717, 1.165) is 0 Å².